The van der Waals surface area contributed by atoms with Gasteiger partial charge in [0.15, 0.2) is 5.60 Å². The zero-order valence-corrected chi connectivity index (χ0v) is 12.2. The number of anilines is 1. The second kappa shape index (κ2) is 4.29. The Bertz CT molecular complexity index is 919. The van der Waals surface area contributed by atoms with Crippen LogP contribution in [0.5, 0.6) is 0 Å². The van der Waals surface area contributed by atoms with Gasteiger partial charge in [-0.3, -0.25) is 0 Å². The van der Waals surface area contributed by atoms with Crippen molar-refractivity contribution < 1.29 is 14.9 Å². The molecule has 0 radical (unpaired) electrons. The lowest BCUT2D eigenvalue weighted by Crippen LogP contribution is -2.33. The molecule has 2 aromatic rings. The maximum absolute atomic E-state index is 10.6. The number of hydrogen-bond donors (Lipinski definition) is 3. The number of aliphatic hydroxyl groups excluding tert-OH is 1. The number of aliphatic hydroxyl groups is 2. The molecule has 4 N–H and O–H groups in total. The summed E-state index contributed by atoms with van der Waals surface area (Å²) in [5, 5.41) is 35.0. The minimum atomic E-state index is -1.94. The van der Waals surface area contributed by atoms with Crippen molar-refractivity contribution in [1.29, 1.82) is 5.26 Å². The van der Waals surface area contributed by atoms with Crippen molar-refractivity contribution >= 4 is 27.4 Å². The molecule has 23 heavy (non-hydrogen) atoms. The molecule has 0 aromatic carbocycles. The highest BCUT2D eigenvalue weighted by molar-refractivity contribution is 7.17. The van der Waals surface area contributed by atoms with Gasteiger partial charge in [-0.05, 0) is 10.9 Å². The SMILES string of the molecule is N#C[C@]12O[C@@H](c3csc4c(N)ncnc34)C(N=[N+]=[N-])[C@@]1(O)C2O. The molecular formula is C12H9N7O3S. The summed E-state index contributed by atoms with van der Waals surface area (Å²) >= 11 is 1.28. The van der Waals surface area contributed by atoms with Gasteiger partial charge < -0.3 is 20.7 Å². The predicted octanol–water partition coefficient (Wildman–Crippen LogP) is 0.392. The number of nitrogen functional groups attached to an aromatic ring is 1. The standard InChI is InChI=1S/C12H9N7O3S/c13-2-11-10(20)12(11,21)8(18-19-15)6(22-11)4-1-23-7-5(4)16-3-17-9(7)14/h1,3,6,8,10,20-21H,(H2,14,16,17)/t6-,8?,10?,11+,12+/m0/s1. The van der Waals surface area contributed by atoms with E-state index in [0.717, 1.165) is 0 Å². The van der Waals surface area contributed by atoms with Gasteiger partial charge in [-0.2, -0.15) is 5.26 Å². The Labute approximate surface area is 132 Å². The van der Waals surface area contributed by atoms with Crippen molar-refractivity contribution in [1.82, 2.24) is 9.97 Å². The molecule has 116 valence electrons. The van der Waals surface area contributed by atoms with Crippen LogP contribution in [0.1, 0.15) is 11.7 Å². The highest BCUT2D eigenvalue weighted by Gasteiger charge is 2.88. The van der Waals surface area contributed by atoms with E-state index < -0.39 is 29.5 Å². The molecule has 2 fully saturated rings. The molecular weight excluding hydrogens is 322 g/mol. The smallest absolute Gasteiger partial charge is 0.215 e. The van der Waals surface area contributed by atoms with Crippen molar-refractivity contribution in [3.05, 3.63) is 27.7 Å². The van der Waals surface area contributed by atoms with E-state index in [4.69, 9.17) is 16.0 Å². The van der Waals surface area contributed by atoms with Gasteiger partial charge in [-0.1, -0.05) is 5.11 Å². The number of nitrogens with zero attached hydrogens (tertiary/aromatic N) is 6. The van der Waals surface area contributed by atoms with Gasteiger partial charge in [-0.25, -0.2) is 9.97 Å². The van der Waals surface area contributed by atoms with E-state index in [1.54, 1.807) is 11.4 Å². The molecule has 0 spiro atoms. The van der Waals surface area contributed by atoms with Crippen molar-refractivity contribution in [3.63, 3.8) is 0 Å². The normalized spacial score (nSPS) is 37.9. The maximum atomic E-state index is 10.6. The summed E-state index contributed by atoms with van der Waals surface area (Å²) in [6.45, 7) is 0. The number of fused-ring (bicyclic) bond motifs is 2. The number of nitrogens with two attached hydrogens (primary N) is 1. The van der Waals surface area contributed by atoms with E-state index in [1.807, 2.05) is 0 Å². The third-order valence-corrected chi connectivity index (χ3v) is 5.43. The highest BCUT2D eigenvalue weighted by Crippen LogP contribution is 2.64. The van der Waals surface area contributed by atoms with E-state index in [1.165, 1.54) is 17.7 Å². The van der Waals surface area contributed by atoms with Gasteiger partial charge in [0.1, 0.15) is 30.4 Å². The fourth-order valence-corrected chi connectivity index (χ4v) is 4.12. The first-order valence-corrected chi connectivity index (χ1v) is 7.40. The summed E-state index contributed by atoms with van der Waals surface area (Å²) < 4.78 is 6.25. The third-order valence-electron chi connectivity index (χ3n) is 4.42. The minimum Gasteiger partial charge on any atom is -0.386 e. The minimum absolute atomic E-state index is 0.295. The summed E-state index contributed by atoms with van der Waals surface area (Å²) in [7, 11) is 0. The van der Waals surface area contributed by atoms with Gasteiger partial charge >= 0.3 is 0 Å². The van der Waals surface area contributed by atoms with Gasteiger partial charge in [0.2, 0.25) is 5.60 Å². The first-order chi connectivity index (χ1) is 11.0. The zero-order valence-electron chi connectivity index (χ0n) is 11.4. The summed E-state index contributed by atoms with van der Waals surface area (Å²) in [6.07, 6.45) is -1.06. The van der Waals surface area contributed by atoms with Crippen molar-refractivity contribution in [2.45, 2.75) is 29.5 Å². The van der Waals surface area contributed by atoms with Crippen molar-refractivity contribution in [2.24, 2.45) is 5.11 Å². The van der Waals surface area contributed by atoms with Gasteiger partial charge in [0.05, 0.1) is 16.3 Å². The summed E-state index contributed by atoms with van der Waals surface area (Å²) in [4.78, 5) is 10.8. The number of aromatic nitrogens is 2. The molecule has 10 nitrogen and oxygen atoms in total. The van der Waals surface area contributed by atoms with Crippen LogP contribution < -0.4 is 5.73 Å². The van der Waals surface area contributed by atoms with E-state index in [9.17, 15) is 15.5 Å². The largest absolute Gasteiger partial charge is 0.386 e. The monoisotopic (exact) mass is 331 g/mol. The second-order valence-corrected chi connectivity index (χ2v) is 6.27. The lowest BCUT2D eigenvalue weighted by Gasteiger charge is -2.20. The molecule has 3 heterocycles. The molecule has 0 amide bonds. The average Bonchev–Trinajstić information content (AvgIpc) is 2.89. The number of thiophene rings is 1. The molecule has 2 aromatic heterocycles. The van der Waals surface area contributed by atoms with Crippen LogP contribution in [0.3, 0.4) is 0 Å². The van der Waals surface area contributed by atoms with Crippen molar-refractivity contribution in [2.75, 3.05) is 5.73 Å². The summed E-state index contributed by atoms with van der Waals surface area (Å²) in [5.41, 5.74) is 11.9. The first kappa shape index (κ1) is 14.1. The van der Waals surface area contributed by atoms with Crippen LogP contribution in [-0.2, 0) is 4.74 Å². The molecule has 1 aliphatic heterocycles. The van der Waals surface area contributed by atoms with Crippen LogP contribution in [0.15, 0.2) is 16.8 Å². The fraction of sp³-hybridized carbons (Fsp3) is 0.417. The zero-order chi connectivity index (χ0) is 16.4. The molecule has 0 bridgehead atoms. The molecule has 4 rings (SSSR count). The molecule has 5 atom stereocenters. The summed E-state index contributed by atoms with van der Waals surface area (Å²) in [6, 6.07) is 0.628. The maximum Gasteiger partial charge on any atom is 0.215 e. The van der Waals surface area contributed by atoms with Crippen LogP contribution in [0.4, 0.5) is 5.82 Å². The van der Waals surface area contributed by atoms with E-state index in [0.29, 0.717) is 21.6 Å². The van der Waals surface area contributed by atoms with E-state index >= 15 is 0 Å². The van der Waals surface area contributed by atoms with Crippen LogP contribution in [0.2, 0.25) is 0 Å². The van der Waals surface area contributed by atoms with E-state index in [2.05, 4.69) is 20.0 Å². The second-order valence-electron chi connectivity index (χ2n) is 5.39. The molecule has 1 aliphatic carbocycles. The number of hydrogen-bond acceptors (Lipinski definition) is 9. The number of nitriles is 1. The Kier molecular flexibility index (Phi) is 2.63. The Morgan fingerprint density at radius 2 is 2.35 bits per heavy atom. The quantitative estimate of drug-likeness (QED) is 0.405. The third kappa shape index (κ3) is 1.44. The molecule has 2 unspecified atom stereocenters. The van der Waals surface area contributed by atoms with Gasteiger partial charge in [-0.15, -0.1) is 11.3 Å². The average molecular weight is 331 g/mol. The molecule has 11 heteroatoms. The number of rotatable bonds is 2. The van der Waals surface area contributed by atoms with Gasteiger partial charge in [0, 0.05) is 10.5 Å². The molecule has 1 saturated heterocycles. The summed E-state index contributed by atoms with van der Waals surface area (Å²) in [5.74, 6) is 0.295. The van der Waals surface area contributed by atoms with Crippen LogP contribution >= 0.6 is 11.3 Å². The topological polar surface area (TPSA) is 174 Å². The van der Waals surface area contributed by atoms with Crippen LogP contribution in [0.25, 0.3) is 20.7 Å². The number of azide groups is 1. The Morgan fingerprint density at radius 1 is 1.57 bits per heavy atom. The fourth-order valence-electron chi connectivity index (χ4n) is 3.18. The Hall–Kier alpha value is -2.48. The van der Waals surface area contributed by atoms with Crippen LogP contribution in [0, 0.1) is 11.3 Å². The lowest BCUT2D eigenvalue weighted by atomic mass is 9.99. The van der Waals surface area contributed by atoms with Crippen molar-refractivity contribution in [3.8, 4) is 6.07 Å². The highest BCUT2D eigenvalue weighted by atomic mass is 32.1. The molecule has 2 aliphatic rings. The Morgan fingerprint density at radius 3 is 3.04 bits per heavy atom. The van der Waals surface area contributed by atoms with Crippen LogP contribution in [-0.4, -0.2) is 43.5 Å². The predicted molar refractivity (Wildman–Crippen MR) is 77.9 cm³/mol. The number of ether oxygens (including phenoxy) is 1. The molecule has 1 saturated carbocycles. The van der Waals surface area contributed by atoms with E-state index in [-0.39, 0.29) is 0 Å². The lowest BCUT2D eigenvalue weighted by molar-refractivity contribution is -0.0108. The Balaban J connectivity index is 1.87. The van der Waals surface area contributed by atoms with Gasteiger partial charge in [0.25, 0.3) is 0 Å². The first-order valence-electron chi connectivity index (χ1n) is 6.52.